The van der Waals surface area contributed by atoms with E-state index in [1.54, 1.807) is 13.8 Å². The van der Waals surface area contributed by atoms with Crippen LogP contribution in [0.4, 0.5) is 0 Å². The Morgan fingerprint density at radius 3 is 2.64 bits per heavy atom. The smallest absolute Gasteiger partial charge is 0.323 e. The molecule has 3 heteroatoms. The molecule has 0 heterocycles. The van der Waals surface area contributed by atoms with E-state index < -0.39 is 11.5 Å². The second-order valence-corrected chi connectivity index (χ2v) is 2.81. The third kappa shape index (κ3) is 3.64. The van der Waals surface area contributed by atoms with Crippen molar-refractivity contribution in [1.29, 1.82) is 0 Å². The summed E-state index contributed by atoms with van der Waals surface area (Å²) in [5.74, 6) is 1.56. The highest BCUT2D eigenvalue weighted by atomic mass is 16.4. The molecule has 0 amide bonds. The first-order valence-corrected chi connectivity index (χ1v) is 3.42. The molecule has 62 valence electrons. The molecule has 0 spiro atoms. The Balaban J connectivity index is 3.75. The monoisotopic (exact) mass is 155 g/mol. The Labute approximate surface area is 66.8 Å². The van der Waals surface area contributed by atoms with Crippen LogP contribution in [0, 0.1) is 12.3 Å². The van der Waals surface area contributed by atoms with Crippen LogP contribution in [0.2, 0.25) is 0 Å². The van der Waals surface area contributed by atoms with Gasteiger partial charge >= 0.3 is 5.97 Å². The van der Waals surface area contributed by atoms with Crippen LogP contribution in [0.1, 0.15) is 20.3 Å². The Kier molecular flexibility index (Phi) is 3.63. The lowest BCUT2D eigenvalue weighted by Crippen LogP contribution is -2.46. The molecular formula is C8H13NO2. The van der Waals surface area contributed by atoms with E-state index in [4.69, 9.17) is 11.5 Å². The molecule has 0 aromatic carbocycles. The summed E-state index contributed by atoms with van der Waals surface area (Å²) in [7, 11) is 0. The molecule has 0 aromatic rings. The Morgan fingerprint density at radius 1 is 1.73 bits per heavy atom. The lowest BCUT2D eigenvalue weighted by atomic mass is 10.1. The van der Waals surface area contributed by atoms with Gasteiger partial charge in [0.25, 0.3) is 0 Å². The minimum absolute atomic E-state index is 0.538. The Hall–Kier alpha value is -1.01. The summed E-state index contributed by atoms with van der Waals surface area (Å²) in [4.78, 5) is 10.5. The largest absolute Gasteiger partial charge is 0.480 e. The van der Waals surface area contributed by atoms with Crippen molar-refractivity contribution in [1.82, 2.24) is 5.32 Å². The minimum atomic E-state index is -0.878. The van der Waals surface area contributed by atoms with Gasteiger partial charge in [0.05, 0.1) is 0 Å². The van der Waals surface area contributed by atoms with Crippen LogP contribution in [0.15, 0.2) is 0 Å². The molecule has 0 saturated heterocycles. The molecule has 0 aliphatic rings. The van der Waals surface area contributed by atoms with Crippen molar-refractivity contribution in [2.24, 2.45) is 0 Å². The number of terminal acetylenes is 1. The Bertz CT molecular complexity index is 179. The van der Waals surface area contributed by atoms with Gasteiger partial charge in [0.2, 0.25) is 0 Å². The van der Waals surface area contributed by atoms with Crippen LogP contribution < -0.4 is 5.32 Å². The van der Waals surface area contributed by atoms with Crippen molar-refractivity contribution in [3.05, 3.63) is 0 Å². The van der Waals surface area contributed by atoms with E-state index in [-0.39, 0.29) is 0 Å². The van der Waals surface area contributed by atoms with Crippen LogP contribution in [0.25, 0.3) is 0 Å². The molecular weight excluding hydrogens is 142 g/mol. The summed E-state index contributed by atoms with van der Waals surface area (Å²) in [6.07, 6.45) is 5.55. The second-order valence-electron chi connectivity index (χ2n) is 2.81. The third-order valence-corrected chi connectivity index (χ3v) is 1.37. The van der Waals surface area contributed by atoms with E-state index in [9.17, 15) is 4.79 Å². The standard InChI is InChI=1S/C8H13NO2/c1-4-5-6-9-8(2,3)7(10)11/h1,9H,5-6H2,2-3H3,(H,10,11). The molecule has 0 radical (unpaired) electrons. The number of hydrogen-bond donors (Lipinski definition) is 2. The van der Waals surface area contributed by atoms with E-state index in [0.29, 0.717) is 13.0 Å². The molecule has 0 aliphatic carbocycles. The molecule has 0 bridgehead atoms. The number of rotatable bonds is 4. The predicted octanol–water partition coefficient (Wildman–Crippen LogP) is 0.462. The fraction of sp³-hybridized carbons (Fsp3) is 0.625. The van der Waals surface area contributed by atoms with Gasteiger partial charge in [-0.2, -0.15) is 0 Å². The molecule has 0 aliphatic heterocycles. The highest BCUT2D eigenvalue weighted by molar-refractivity contribution is 5.77. The van der Waals surface area contributed by atoms with Gasteiger partial charge in [-0.15, -0.1) is 12.3 Å². The summed E-state index contributed by atoms with van der Waals surface area (Å²) in [6.45, 7) is 3.74. The first kappa shape index (κ1) is 9.99. The number of carbonyl (C=O) groups is 1. The van der Waals surface area contributed by atoms with Crippen LogP contribution >= 0.6 is 0 Å². The zero-order valence-electron chi connectivity index (χ0n) is 6.85. The molecule has 0 rings (SSSR count). The van der Waals surface area contributed by atoms with Gasteiger partial charge in [-0.3, -0.25) is 4.79 Å². The first-order valence-electron chi connectivity index (χ1n) is 3.42. The van der Waals surface area contributed by atoms with Crippen LogP contribution in [-0.2, 0) is 4.79 Å². The van der Waals surface area contributed by atoms with Gasteiger partial charge in [-0.1, -0.05) is 0 Å². The fourth-order valence-electron chi connectivity index (χ4n) is 0.523. The van der Waals surface area contributed by atoms with E-state index in [2.05, 4.69) is 11.2 Å². The molecule has 0 saturated carbocycles. The lowest BCUT2D eigenvalue weighted by Gasteiger charge is -2.19. The summed E-state index contributed by atoms with van der Waals surface area (Å²) >= 11 is 0. The number of hydrogen-bond acceptors (Lipinski definition) is 2. The molecule has 2 N–H and O–H groups in total. The Morgan fingerprint density at radius 2 is 2.27 bits per heavy atom. The van der Waals surface area contributed by atoms with Crippen molar-refractivity contribution in [2.75, 3.05) is 6.54 Å². The second kappa shape index (κ2) is 3.99. The highest BCUT2D eigenvalue weighted by Gasteiger charge is 2.25. The van der Waals surface area contributed by atoms with Crippen molar-refractivity contribution in [3.8, 4) is 12.3 Å². The van der Waals surface area contributed by atoms with Gasteiger partial charge in [0.1, 0.15) is 5.54 Å². The SMILES string of the molecule is C#CCCNC(C)(C)C(=O)O. The van der Waals surface area contributed by atoms with E-state index >= 15 is 0 Å². The molecule has 3 nitrogen and oxygen atoms in total. The number of aliphatic carboxylic acids is 1. The fourth-order valence-corrected chi connectivity index (χ4v) is 0.523. The van der Waals surface area contributed by atoms with Crippen LogP contribution in [0.5, 0.6) is 0 Å². The van der Waals surface area contributed by atoms with Gasteiger partial charge < -0.3 is 10.4 Å². The summed E-state index contributed by atoms with van der Waals surface area (Å²) in [5, 5.41) is 11.4. The van der Waals surface area contributed by atoms with E-state index in [0.717, 1.165) is 0 Å². The number of carboxylic acid groups (broad SMARTS) is 1. The maximum absolute atomic E-state index is 10.5. The van der Waals surface area contributed by atoms with Crippen LogP contribution in [0.3, 0.4) is 0 Å². The van der Waals surface area contributed by atoms with Crippen molar-refractivity contribution in [2.45, 2.75) is 25.8 Å². The molecule has 11 heavy (non-hydrogen) atoms. The average molecular weight is 155 g/mol. The zero-order valence-corrected chi connectivity index (χ0v) is 6.85. The number of carboxylic acids is 1. The van der Waals surface area contributed by atoms with Crippen LogP contribution in [-0.4, -0.2) is 23.2 Å². The maximum atomic E-state index is 10.5. The van der Waals surface area contributed by atoms with Gasteiger partial charge in [0.15, 0.2) is 0 Å². The molecule has 0 fully saturated rings. The number of nitrogens with one attached hydrogen (secondary N) is 1. The van der Waals surface area contributed by atoms with Crippen molar-refractivity contribution < 1.29 is 9.90 Å². The molecule has 0 unspecified atom stereocenters. The minimum Gasteiger partial charge on any atom is -0.480 e. The topological polar surface area (TPSA) is 49.3 Å². The van der Waals surface area contributed by atoms with Gasteiger partial charge in [-0.05, 0) is 13.8 Å². The van der Waals surface area contributed by atoms with Gasteiger partial charge in [-0.25, -0.2) is 0 Å². The highest BCUT2D eigenvalue weighted by Crippen LogP contribution is 2.00. The zero-order chi connectivity index (χ0) is 8.91. The first-order chi connectivity index (χ1) is 5.00. The van der Waals surface area contributed by atoms with E-state index in [1.165, 1.54) is 0 Å². The van der Waals surface area contributed by atoms with Crippen molar-refractivity contribution in [3.63, 3.8) is 0 Å². The lowest BCUT2D eigenvalue weighted by molar-refractivity contribution is -0.143. The quantitative estimate of drug-likeness (QED) is 0.458. The van der Waals surface area contributed by atoms with Gasteiger partial charge in [0, 0.05) is 13.0 Å². The summed E-state index contributed by atoms with van der Waals surface area (Å²) in [5.41, 5.74) is -0.878. The van der Waals surface area contributed by atoms with E-state index in [1.807, 2.05) is 0 Å². The normalized spacial score (nSPS) is 10.6. The van der Waals surface area contributed by atoms with Crippen molar-refractivity contribution >= 4 is 5.97 Å². The maximum Gasteiger partial charge on any atom is 0.323 e. The summed E-state index contributed by atoms with van der Waals surface area (Å²) < 4.78 is 0. The molecule has 0 aromatic heterocycles. The average Bonchev–Trinajstić information content (AvgIpc) is 1.88. The molecule has 0 atom stereocenters. The summed E-state index contributed by atoms with van der Waals surface area (Å²) in [6, 6.07) is 0. The third-order valence-electron chi connectivity index (χ3n) is 1.37. The predicted molar refractivity (Wildman–Crippen MR) is 43.2 cm³/mol.